The number of imidazole rings is 1. The van der Waals surface area contributed by atoms with Crippen molar-refractivity contribution >= 4 is 45.3 Å². The standard InChI is InChI=1S/C24H28N8O/c1-15-6-5-7-17-14-25-23(29-21(15)17)27-18-12-19(22-20(13-18)31(4)16(2)26-22)28-24(33)32-10-8-30(3)9-11-32/h5-7,12-14H,8-11H2,1-4H3,(H,28,33)(H,25,27,29). The number of piperazine rings is 1. The molecule has 0 saturated carbocycles. The SMILES string of the molecule is Cc1cccc2cnc(Nc3cc(NC(=O)N4CCN(C)CC4)c4nc(C)n(C)c4c3)nc12. The first-order valence-electron chi connectivity index (χ1n) is 11.1. The highest BCUT2D eigenvalue weighted by molar-refractivity contribution is 6.01. The molecule has 1 aliphatic heterocycles. The number of aryl methyl sites for hydroxylation is 3. The van der Waals surface area contributed by atoms with Crippen molar-refractivity contribution in [3.63, 3.8) is 0 Å². The molecule has 33 heavy (non-hydrogen) atoms. The predicted octanol–water partition coefficient (Wildman–Crippen LogP) is 3.66. The zero-order valence-corrected chi connectivity index (χ0v) is 19.4. The highest BCUT2D eigenvalue weighted by atomic mass is 16.2. The lowest BCUT2D eigenvalue weighted by Gasteiger charge is -2.32. The second kappa shape index (κ2) is 8.32. The Labute approximate surface area is 192 Å². The Hall–Kier alpha value is -3.72. The van der Waals surface area contributed by atoms with Crippen LogP contribution in [0.1, 0.15) is 11.4 Å². The average molecular weight is 445 g/mol. The van der Waals surface area contributed by atoms with Gasteiger partial charge in [0, 0.05) is 50.5 Å². The van der Waals surface area contributed by atoms with E-state index in [1.807, 2.05) is 66.9 Å². The third kappa shape index (κ3) is 4.07. The van der Waals surface area contributed by atoms with E-state index in [4.69, 9.17) is 4.98 Å². The normalized spacial score (nSPS) is 14.7. The number of urea groups is 1. The van der Waals surface area contributed by atoms with Crippen molar-refractivity contribution in [2.75, 3.05) is 43.9 Å². The van der Waals surface area contributed by atoms with E-state index >= 15 is 0 Å². The van der Waals surface area contributed by atoms with Crippen LogP contribution in [0.3, 0.4) is 0 Å². The van der Waals surface area contributed by atoms with Crippen molar-refractivity contribution in [1.29, 1.82) is 0 Å². The lowest BCUT2D eigenvalue weighted by atomic mass is 10.1. The summed E-state index contributed by atoms with van der Waals surface area (Å²) in [6, 6.07) is 9.84. The largest absolute Gasteiger partial charge is 0.331 e. The van der Waals surface area contributed by atoms with Gasteiger partial charge in [-0.15, -0.1) is 0 Å². The molecule has 2 amide bonds. The van der Waals surface area contributed by atoms with E-state index in [0.717, 1.165) is 52.1 Å². The number of aromatic nitrogens is 4. The molecule has 2 aromatic carbocycles. The molecule has 0 atom stereocenters. The van der Waals surface area contributed by atoms with Crippen LogP contribution in [0.15, 0.2) is 36.5 Å². The van der Waals surface area contributed by atoms with Crippen LogP contribution in [0.2, 0.25) is 0 Å². The summed E-state index contributed by atoms with van der Waals surface area (Å²) in [6.07, 6.45) is 1.82. The van der Waals surface area contributed by atoms with Gasteiger partial charge < -0.3 is 25.0 Å². The highest BCUT2D eigenvalue weighted by Crippen LogP contribution is 2.30. The Morgan fingerprint density at radius 3 is 2.58 bits per heavy atom. The Morgan fingerprint density at radius 1 is 1.00 bits per heavy atom. The summed E-state index contributed by atoms with van der Waals surface area (Å²) in [5, 5.41) is 7.40. The molecular formula is C24H28N8O. The lowest BCUT2D eigenvalue weighted by molar-refractivity contribution is 0.164. The monoisotopic (exact) mass is 444 g/mol. The number of nitrogens with one attached hydrogen (secondary N) is 2. The summed E-state index contributed by atoms with van der Waals surface area (Å²) < 4.78 is 2.01. The summed E-state index contributed by atoms with van der Waals surface area (Å²) in [5.74, 6) is 1.38. The number of benzene rings is 2. The minimum Gasteiger partial charge on any atom is -0.331 e. The van der Waals surface area contributed by atoms with E-state index in [0.29, 0.717) is 24.7 Å². The van der Waals surface area contributed by atoms with Gasteiger partial charge >= 0.3 is 6.03 Å². The van der Waals surface area contributed by atoms with Crippen molar-refractivity contribution < 1.29 is 4.79 Å². The topological polar surface area (TPSA) is 91.2 Å². The number of hydrogen-bond donors (Lipinski definition) is 2. The van der Waals surface area contributed by atoms with Gasteiger partial charge in [-0.1, -0.05) is 18.2 Å². The van der Waals surface area contributed by atoms with E-state index in [1.54, 1.807) is 0 Å². The van der Waals surface area contributed by atoms with Gasteiger partial charge in [0.25, 0.3) is 0 Å². The zero-order valence-electron chi connectivity index (χ0n) is 19.4. The van der Waals surface area contributed by atoms with Crippen molar-refractivity contribution in [3.8, 4) is 0 Å². The van der Waals surface area contributed by atoms with E-state index in [2.05, 4.69) is 32.5 Å². The molecule has 5 rings (SSSR count). The van der Waals surface area contributed by atoms with Crippen LogP contribution >= 0.6 is 0 Å². The van der Waals surface area contributed by atoms with Crippen molar-refractivity contribution in [1.82, 2.24) is 29.3 Å². The number of carbonyl (C=O) groups excluding carboxylic acids is 1. The molecule has 0 spiro atoms. The van der Waals surface area contributed by atoms with Crippen molar-refractivity contribution in [2.45, 2.75) is 13.8 Å². The maximum absolute atomic E-state index is 13.0. The molecule has 4 aromatic rings. The molecule has 0 radical (unpaired) electrons. The number of amides is 2. The molecule has 170 valence electrons. The molecule has 0 unspecified atom stereocenters. The number of fused-ring (bicyclic) bond motifs is 2. The molecule has 0 bridgehead atoms. The van der Waals surface area contributed by atoms with Crippen LogP contribution in [0.25, 0.3) is 21.9 Å². The number of hydrogen-bond acceptors (Lipinski definition) is 6. The number of nitrogens with zero attached hydrogens (tertiary/aromatic N) is 6. The second-order valence-corrected chi connectivity index (χ2v) is 8.66. The molecular weight excluding hydrogens is 416 g/mol. The average Bonchev–Trinajstić information content (AvgIpc) is 3.09. The molecule has 9 nitrogen and oxygen atoms in total. The Kier molecular flexibility index (Phi) is 5.33. The van der Waals surface area contributed by atoms with Gasteiger partial charge in [-0.3, -0.25) is 0 Å². The summed E-state index contributed by atoms with van der Waals surface area (Å²) in [4.78, 5) is 30.9. The number of anilines is 3. The minimum atomic E-state index is -0.109. The Bertz CT molecular complexity index is 1350. The van der Waals surface area contributed by atoms with Gasteiger partial charge in [-0.25, -0.2) is 19.7 Å². The van der Waals surface area contributed by atoms with Crippen LogP contribution in [0.4, 0.5) is 22.1 Å². The Morgan fingerprint density at radius 2 is 1.79 bits per heavy atom. The first-order chi connectivity index (χ1) is 15.9. The van der Waals surface area contributed by atoms with Crippen LogP contribution in [0.5, 0.6) is 0 Å². The fourth-order valence-electron chi connectivity index (χ4n) is 4.17. The lowest BCUT2D eigenvalue weighted by Crippen LogP contribution is -2.48. The van der Waals surface area contributed by atoms with Gasteiger partial charge in [0.05, 0.1) is 16.7 Å². The van der Waals surface area contributed by atoms with Crippen LogP contribution in [0, 0.1) is 13.8 Å². The number of carbonyl (C=O) groups is 1. The first kappa shape index (κ1) is 21.1. The van der Waals surface area contributed by atoms with Gasteiger partial charge in [0.2, 0.25) is 5.95 Å². The van der Waals surface area contributed by atoms with Gasteiger partial charge in [-0.2, -0.15) is 0 Å². The van der Waals surface area contributed by atoms with Crippen LogP contribution in [-0.2, 0) is 7.05 Å². The first-order valence-corrected chi connectivity index (χ1v) is 11.1. The van der Waals surface area contributed by atoms with E-state index in [-0.39, 0.29) is 6.03 Å². The summed E-state index contributed by atoms with van der Waals surface area (Å²) in [5.41, 5.74) is 5.14. The molecule has 2 aromatic heterocycles. The molecule has 1 saturated heterocycles. The predicted molar refractivity (Wildman–Crippen MR) is 131 cm³/mol. The summed E-state index contributed by atoms with van der Waals surface area (Å²) in [6.45, 7) is 7.13. The Balaban J connectivity index is 1.49. The molecule has 1 fully saturated rings. The highest BCUT2D eigenvalue weighted by Gasteiger charge is 2.21. The van der Waals surface area contributed by atoms with Gasteiger partial charge in [0.1, 0.15) is 11.3 Å². The molecule has 1 aliphatic rings. The van der Waals surface area contributed by atoms with Gasteiger partial charge in [0.15, 0.2) is 0 Å². The summed E-state index contributed by atoms with van der Waals surface area (Å²) >= 11 is 0. The van der Waals surface area contributed by atoms with Crippen molar-refractivity contribution in [2.24, 2.45) is 7.05 Å². The zero-order chi connectivity index (χ0) is 23.1. The van der Waals surface area contributed by atoms with Crippen molar-refractivity contribution in [3.05, 3.63) is 47.9 Å². The van der Waals surface area contributed by atoms with E-state index in [9.17, 15) is 4.79 Å². The molecule has 9 heteroatoms. The smallest absolute Gasteiger partial charge is 0.321 e. The van der Waals surface area contributed by atoms with Crippen LogP contribution in [-0.4, -0.2) is 68.6 Å². The van der Waals surface area contributed by atoms with Gasteiger partial charge in [-0.05, 0) is 38.6 Å². The number of rotatable bonds is 3. The molecule has 2 N–H and O–H groups in total. The number of likely N-dealkylation sites (N-methyl/N-ethyl adjacent to an activating group) is 1. The maximum Gasteiger partial charge on any atom is 0.321 e. The maximum atomic E-state index is 13.0. The quantitative estimate of drug-likeness (QED) is 0.501. The van der Waals surface area contributed by atoms with E-state index < -0.39 is 0 Å². The minimum absolute atomic E-state index is 0.109. The number of para-hydroxylation sites is 1. The second-order valence-electron chi connectivity index (χ2n) is 8.66. The van der Waals surface area contributed by atoms with Crippen LogP contribution < -0.4 is 10.6 Å². The fraction of sp³-hybridized carbons (Fsp3) is 0.333. The third-order valence-corrected chi connectivity index (χ3v) is 6.31. The molecule has 3 heterocycles. The fourth-order valence-corrected chi connectivity index (χ4v) is 4.17. The summed E-state index contributed by atoms with van der Waals surface area (Å²) in [7, 11) is 4.04. The molecule has 0 aliphatic carbocycles. The third-order valence-electron chi connectivity index (χ3n) is 6.31. The van der Waals surface area contributed by atoms with E-state index in [1.165, 1.54) is 0 Å².